The molecule has 0 amide bonds. The molecule has 0 aromatic heterocycles. The first-order valence-corrected chi connectivity index (χ1v) is 5.08. The van der Waals surface area contributed by atoms with Crippen LogP contribution in [0, 0.1) is 5.82 Å². The van der Waals surface area contributed by atoms with Crippen molar-refractivity contribution in [3.8, 4) is 5.75 Å². The molecule has 17 heavy (non-hydrogen) atoms. The molecular weight excluding hydrogens is 229 g/mol. The number of rotatable bonds is 1. The molecule has 1 aromatic carbocycles. The second-order valence-corrected chi connectivity index (χ2v) is 4.03. The fourth-order valence-corrected chi connectivity index (χ4v) is 1.98. The normalized spacial score (nSPS) is 26.9. The van der Waals surface area contributed by atoms with Crippen LogP contribution in [0.1, 0.15) is 18.9 Å². The highest BCUT2D eigenvalue weighted by atomic mass is 19.1. The Bertz CT molecular complexity index is 465. The first-order chi connectivity index (χ1) is 7.90. The number of halogens is 1. The third-order valence-electron chi connectivity index (χ3n) is 2.59. The van der Waals surface area contributed by atoms with Gasteiger partial charge in [0, 0.05) is 6.42 Å². The van der Waals surface area contributed by atoms with Crippen molar-refractivity contribution in [2.24, 2.45) is 5.73 Å². The molecular formula is C11H12FNO4. The third kappa shape index (κ3) is 2.16. The Labute approximate surface area is 96.9 Å². The van der Waals surface area contributed by atoms with Gasteiger partial charge in [0.15, 0.2) is 5.72 Å². The number of fused-ring (bicyclic) bond motifs is 1. The van der Waals surface area contributed by atoms with Gasteiger partial charge in [-0.1, -0.05) is 0 Å². The lowest BCUT2D eigenvalue weighted by Gasteiger charge is -2.36. The lowest BCUT2D eigenvalue weighted by molar-refractivity contribution is -0.0563. The van der Waals surface area contributed by atoms with Crippen LogP contribution in [0.5, 0.6) is 5.75 Å². The summed E-state index contributed by atoms with van der Waals surface area (Å²) in [6.45, 7) is 1.74. The van der Waals surface area contributed by atoms with E-state index in [1.807, 2.05) is 0 Å². The Morgan fingerprint density at radius 2 is 2.41 bits per heavy atom. The molecule has 1 aliphatic rings. The maximum absolute atomic E-state index is 13.2. The Morgan fingerprint density at radius 1 is 1.71 bits per heavy atom. The van der Waals surface area contributed by atoms with Gasteiger partial charge in [-0.05, 0) is 25.1 Å². The summed E-state index contributed by atoms with van der Waals surface area (Å²) in [6.07, 6.45) is -1.68. The second kappa shape index (κ2) is 3.89. The standard InChI is InChI=1S/C11H12FNO4/c1-6-5-11(13,17-10(14)15)8-4-7(12)2-3-9(8)16-6/h2-4,6H,5,13H2,1H3,(H,14,15)/t6-,11?/m1/s1. The van der Waals surface area contributed by atoms with Crippen LogP contribution in [0.4, 0.5) is 9.18 Å². The van der Waals surface area contributed by atoms with Gasteiger partial charge in [0.1, 0.15) is 17.7 Å². The summed E-state index contributed by atoms with van der Waals surface area (Å²) in [6, 6.07) is 3.76. The SMILES string of the molecule is C[C@@H]1CC(N)(OC(=O)O)c2cc(F)ccc2O1. The maximum Gasteiger partial charge on any atom is 0.507 e. The fraction of sp³-hybridized carbons (Fsp3) is 0.364. The van der Waals surface area contributed by atoms with Crippen LogP contribution in [-0.4, -0.2) is 17.4 Å². The van der Waals surface area contributed by atoms with Gasteiger partial charge < -0.3 is 14.6 Å². The highest BCUT2D eigenvalue weighted by Crippen LogP contribution is 2.38. The summed E-state index contributed by atoms with van der Waals surface area (Å²) in [5.74, 6) is -0.181. The van der Waals surface area contributed by atoms with Crippen molar-refractivity contribution in [3.05, 3.63) is 29.6 Å². The van der Waals surface area contributed by atoms with Crippen LogP contribution in [0.15, 0.2) is 18.2 Å². The number of carbonyl (C=O) groups is 1. The van der Waals surface area contributed by atoms with Gasteiger partial charge in [-0.25, -0.2) is 9.18 Å². The zero-order valence-corrected chi connectivity index (χ0v) is 9.14. The van der Waals surface area contributed by atoms with E-state index >= 15 is 0 Å². The van der Waals surface area contributed by atoms with Gasteiger partial charge in [0.2, 0.25) is 0 Å². The zero-order valence-electron chi connectivity index (χ0n) is 9.14. The van der Waals surface area contributed by atoms with E-state index in [9.17, 15) is 9.18 Å². The number of hydrogen-bond acceptors (Lipinski definition) is 4. The van der Waals surface area contributed by atoms with Crippen LogP contribution < -0.4 is 10.5 Å². The molecule has 2 atom stereocenters. The largest absolute Gasteiger partial charge is 0.507 e. The monoisotopic (exact) mass is 241 g/mol. The van der Waals surface area contributed by atoms with Crippen LogP contribution >= 0.6 is 0 Å². The molecule has 0 saturated carbocycles. The van der Waals surface area contributed by atoms with Crippen molar-refractivity contribution in [1.82, 2.24) is 0 Å². The summed E-state index contributed by atoms with van der Waals surface area (Å²) < 4.78 is 23.3. The van der Waals surface area contributed by atoms with Crippen molar-refractivity contribution in [1.29, 1.82) is 0 Å². The van der Waals surface area contributed by atoms with E-state index < -0.39 is 17.7 Å². The van der Waals surface area contributed by atoms with Gasteiger partial charge in [-0.3, -0.25) is 5.73 Å². The van der Waals surface area contributed by atoms with Crippen LogP contribution in [-0.2, 0) is 10.5 Å². The van der Waals surface area contributed by atoms with Crippen LogP contribution in [0.2, 0.25) is 0 Å². The van der Waals surface area contributed by atoms with Crippen molar-refractivity contribution in [2.75, 3.05) is 0 Å². The minimum atomic E-state index is -1.57. The highest BCUT2D eigenvalue weighted by molar-refractivity contribution is 5.58. The fourth-order valence-electron chi connectivity index (χ4n) is 1.98. The minimum Gasteiger partial charge on any atom is -0.490 e. The minimum absolute atomic E-state index is 0.135. The van der Waals surface area contributed by atoms with Gasteiger partial charge in [0.25, 0.3) is 0 Å². The van der Waals surface area contributed by atoms with Crippen LogP contribution in [0.25, 0.3) is 0 Å². The lowest BCUT2D eigenvalue weighted by Crippen LogP contribution is -2.47. The predicted octanol–water partition coefficient (Wildman–Crippen LogP) is 1.80. The van der Waals surface area contributed by atoms with E-state index in [2.05, 4.69) is 4.74 Å². The smallest absolute Gasteiger partial charge is 0.490 e. The number of hydrogen-bond donors (Lipinski definition) is 2. The summed E-state index contributed by atoms with van der Waals surface area (Å²) in [4.78, 5) is 10.6. The van der Waals surface area contributed by atoms with Gasteiger partial charge in [-0.2, -0.15) is 0 Å². The Hall–Kier alpha value is -1.82. The van der Waals surface area contributed by atoms with Gasteiger partial charge in [0.05, 0.1) is 5.56 Å². The molecule has 0 aliphatic carbocycles. The average Bonchev–Trinajstić information content (AvgIpc) is 2.17. The first-order valence-electron chi connectivity index (χ1n) is 5.08. The number of benzene rings is 1. The Kier molecular flexibility index (Phi) is 2.66. The van der Waals surface area contributed by atoms with Crippen molar-refractivity contribution in [3.63, 3.8) is 0 Å². The molecule has 0 spiro atoms. The molecule has 92 valence electrons. The molecule has 0 saturated heterocycles. The van der Waals surface area contributed by atoms with E-state index in [-0.39, 0.29) is 18.1 Å². The first kappa shape index (κ1) is 11.7. The number of carboxylic acid groups (broad SMARTS) is 1. The van der Waals surface area contributed by atoms with E-state index in [1.165, 1.54) is 12.1 Å². The molecule has 0 bridgehead atoms. The zero-order chi connectivity index (χ0) is 12.6. The Morgan fingerprint density at radius 3 is 3.06 bits per heavy atom. The van der Waals surface area contributed by atoms with E-state index in [4.69, 9.17) is 15.6 Å². The molecule has 0 radical (unpaired) electrons. The molecule has 2 rings (SSSR count). The molecule has 1 aromatic rings. The molecule has 0 fully saturated rings. The second-order valence-electron chi connectivity index (χ2n) is 4.03. The molecule has 6 heteroatoms. The lowest BCUT2D eigenvalue weighted by atomic mass is 9.93. The number of ether oxygens (including phenoxy) is 2. The van der Waals surface area contributed by atoms with Crippen molar-refractivity contribution >= 4 is 6.16 Å². The molecule has 3 N–H and O–H groups in total. The summed E-state index contributed by atoms with van der Waals surface area (Å²) in [5.41, 5.74) is 4.52. The molecule has 5 nitrogen and oxygen atoms in total. The quantitative estimate of drug-likeness (QED) is 0.578. The summed E-state index contributed by atoms with van der Waals surface area (Å²) in [7, 11) is 0. The summed E-state index contributed by atoms with van der Waals surface area (Å²) in [5, 5.41) is 8.68. The summed E-state index contributed by atoms with van der Waals surface area (Å²) >= 11 is 0. The van der Waals surface area contributed by atoms with Gasteiger partial charge in [-0.15, -0.1) is 0 Å². The Balaban J connectivity index is 2.48. The van der Waals surface area contributed by atoms with E-state index in [0.717, 1.165) is 6.07 Å². The van der Waals surface area contributed by atoms with Crippen molar-refractivity contribution < 1.29 is 23.8 Å². The predicted molar refractivity (Wildman–Crippen MR) is 56.1 cm³/mol. The third-order valence-corrected chi connectivity index (χ3v) is 2.59. The van der Waals surface area contributed by atoms with Crippen LogP contribution in [0.3, 0.4) is 0 Å². The topological polar surface area (TPSA) is 81.8 Å². The average molecular weight is 241 g/mol. The van der Waals surface area contributed by atoms with Gasteiger partial charge >= 0.3 is 6.16 Å². The van der Waals surface area contributed by atoms with Crippen molar-refractivity contribution in [2.45, 2.75) is 25.2 Å². The molecule has 1 unspecified atom stereocenters. The maximum atomic E-state index is 13.2. The van der Waals surface area contributed by atoms with E-state index in [1.54, 1.807) is 6.92 Å². The highest BCUT2D eigenvalue weighted by Gasteiger charge is 2.41. The molecule has 1 heterocycles. The number of nitrogens with two attached hydrogens (primary N) is 1. The molecule has 1 aliphatic heterocycles. The van der Waals surface area contributed by atoms with E-state index in [0.29, 0.717) is 5.75 Å².